The van der Waals surface area contributed by atoms with Crippen LogP contribution < -0.4 is 24.2 Å². The summed E-state index contributed by atoms with van der Waals surface area (Å²) in [5.74, 6) is 0. The highest BCUT2D eigenvalue weighted by Gasteiger charge is 2.24. The van der Waals surface area contributed by atoms with Crippen molar-refractivity contribution in [2.45, 2.75) is 31.8 Å². The minimum atomic E-state index is 0.0925. The van der Waals surface area contributed by atoms with Crippen molar-refractivity contribution in [2.24, 2.45) is 0 Å². The van der Waals surface area contributed by atoms with Crippen LogP contribution in [-0.4, -0.2) is 11.6 Å². The molecule has 4 rings (SSSR count). The van der Waals surface area contributed by atoms with Crippen LogP contribution in [0, 0.1) is 0 Å². The van der Waals surface area contributed by atoms with Crippen molar-refractivity contribution in [3.63, 3.8) is 0 Å². The zero-order valence-corrected chi connectivity index (χ0v) is 17.3. The largest absolute Gasteiger partial charge is 0.337 e. The van der Waals surface area contributed by atoms with Gasteiger partial charge in [-0.15, -0.1) is 11.3 Å². The maximum atomic E-state index is 13.1. The van der Waals surface area contributed by atoms with E-state index in [0.29, 0.717) is 6.54 Å². The molecule has 0 fully saturated rings. The number of rotatable bonds is 3. The minimum Gasteiger partial charge on any atom is -0.337 e. The second-order valence-electron chi connectivity index (χ2n) is 6.31. The molecule has 0 bridgehead atoms. The normalized spacial score (nSPS) is 16.1. The van der Waals surface area contributed by atoms with Crippen molar-refractivity contribution in [1.82, 2.24) is 4.57 Å². The molecule has 138 valence electrons. The van der Waals surface area contributed by atoms with E-state index in [1.807, 2.05) is 42.8 Å². The van der Waals surface area contributed by atoms with Crippen molar-refractivity contribution in [1.29, 1.82) is 0 Å². The predicted octanol–water partition coefficient (Wildman–Crippen LogP) is 2.37. The van der Waals surface area contributed by atoms with Crippen LogP contribution in [0.3, 0.4) is 0 Å². The lowest BCUT2D eigenvalue weighted by Crippen LogP contribution is -2.36. The number of thiazole rings is 1. The molecule has 0 spiro atoms. The minimum absolute atomic E-state index is 0.0925. The summed E-state index contributed by atoms with van der Waals surface area (Å²) in [5.41, 5.74) is 2.36. The summed E-state index contributed by atoms with van der Waals surface area (Å²) in [5, 5.41) is 1.02. The van der Waals surface area contributed by atoms with Gasteiger partial charge in [0.25, 0.3) is 5.56 Å². The molecular formula is C21H22N3OS2+. The van der Waals surface area contributed by atoms with Gasteiger partial charge in [0.05, 0.1) is 5.69 Å². The summed E-state index contributed by atoms with van der Waals surface area (Å²) < 4.78 is 5.86. The van der Waals surface area contributed by atoms with E-state index in [-0.39, 0.29) is 5.56 Å². The Labute approximate surface area is 166 Å². The molecule has 2 aromatic heterocycles. The molecule has 1 aliphatic rings. The van der Waals surface area contributed by atoms with Crippen molar-refractivity contribution in [2.75, 3.05) is 11.9 Å². The van der Waals surface area contributed by atoms with Gasteiger partial charge in [-0.2, -0.15) is 4.57 Å². The van der Waals surface area contributed by atoms with Gasteiger partial charge in [-0.1, -0.05) is 23.9 Å². The van der Waals surface area contributed by atoms with Crippen LogP contribution in [0.25, 0.3) is 11.1 Å². The highest BCUT2D eigenvalue weighted by molar-refractivity contribution is 8.08. The predicted molar refractivity (Wildman–Crippen MR) is 113 cm³/mol. The number of pyridine rings is 1. The molecule has 0 saturated carbocycles. The Balaban J connectivity index is 1.94. The Hall–Kier alpha value is -2.31. The molecule has 4 nitrogen and oxygen atoms in total. The highest BCUT2D eigenvalue weighted by Crippen LogP contribution is 2.44. The maximum absolute atomic E-state index is 13.1. The van der Waals surface area contributed by atoms with Crippen LogP contribution in [0.15, 0.2) is 58.4 Å². The first kappa shape index (κ1) is 18.1. The summed E-state index contributed by atoms with van der Waals surface area (Å²) in [4.78, 5) is 16.5. The summed E-state index contributed by atoms with van der Waals surface area (Å²) in [6.07, 6.45) is 4.19. The fourth-order valence-corrected chi connectivity index (χ4v) is 5.77. The Bertz CT molecular complexity index is 1180. The number of anilines is 1. The molecule has 3 heterocycles. The van der Waals surface area contributed by atoms with Crippen molar-refractivity contribution >= 4 is 39.9 Å². The Kier molecular flexibility index (Phi) is 4.93. The molecule has 0 N–H and O–H groups in total. The molecule has 6 heteroatoms. The van der Waals surface area contributed by atoms with Gasteiger partial charge in [0.1, 0.15) is 20.8 Å². The van der Waals surface area contributed by atoms with Gasteiger partial charge in [0.2, 0.25) is 5.69 Å². The first-order valence-electron chi connectivity index (χ1n) is 9.08. The maximum Gasteiger partial charge on any atom is 0.271 e. The first-order valence-corrected chi connectivity index (χ1v) is 10.7. The van der Waals surface area contributed by atoms with Crippen LogP contribution in [0.4, 0.5) is 5.69 Å². The van der Waals surface area contributed by atoms with Crippen LogP contribution in [-0.2, 0) is 13.1 Å². The molecule has 27 heavy (non-hydrogen) atoms. The number of aryl methyl sites for hydroxylation is 1. The standard InChI is InChI=1S/C21H22N3OS2/c1-4-23-13-9-8-10-15(23)14-18-24(5-2)20(25)19(27-18)21-22(3)16-11-6-7-12-17(16)26-21/h6-14H,4-5H2,1-3H3/q+1. The molecule has 0 aliphatic carbocycles. The van der Waals surface area contributed by atoms with E-state index in [2.05, 4.69) is 46.9 Å². The number of thioether (sulfide) groups is 1. The third-order valence-corrected chi connectivity index (χ3v) is 7.23. The fraction of sp³-hybridized carbons (Fsp3) is 0.238. The number of aromatic nitrogens is 2. The van der Waals surface area contributed by atoms with E-state index in [0.717, 1.165) is 32.2 Å². The van der Waals surface area contributed by atoms with Gasteiger partial charge in [-0.05, 0) is 32.0 Å². The summed E-state index contributed by atoms with van der Waals surface area (Å²) >= 11 is 3.26. The van der Waals surface area contributed by atoms with Crippen molar-refractivity contribution < 1.29 is 4.57 Å². The molecule has 3 aromatic rings. The topological polar surface area (TPSA) is 29.1 Å². The van der Waals surface area contributed by atoms with Crippen LogP contribution >= 0.6 is 23.1 Å². The first-order chi connectivity index (χ1) is 13.1. The molecule has 1 aromatic carbocycles. The lowest BCUT2D eigenvalue weighted by molar-refractivity contribution is -0.695. The average molecular weight is 397 g/mol. The van der Waals surface area contributed by atoms with Crippen LogP contribution in [0.5, 0.6) is 0 Å². The van der Waals surface area contributed by atoms with Gasteiger partial charge in [-0.3, -0.25) is 9.36 Å². The van der Waals surface area contributed by atoms with Gasteiger partial charge in [0.15, 0.2) is 6.20 Å². The van der Waals surface area contributed by atoms with Gasteiger partial charge >= 0.3 is 0 Å². The second-order valence-corrected chi connectivity index (χ2v) is 8.37. The van der Waals surface area contributed by atoms with Crippen LogP contribution in [0.1, 0.15) is 19.5 Å². The van der Waals surface area contributed by atoms with E-state index in [4.69, 9.17) is 0 Å². The quantitative estimate of drug-likeness (QED) is 0.637. The summed E-state index contributed by atoms with van der Waals surface area (Å²) in [6, 6.07) is 14.4. The number of fused-ring (bicyclic) bond motifs is 1. The zero-order valence-electron chi connectivity index (χ0n) is 15.7. The fourth-order valence-electron chi connectivity index (χ4n) is 3.30. The third kappa shape index (κ3) is 3.13. The summed E-state index contributed by atoms with van der Waals surface area (Å²) in [6.45, 7) is 5.71. The van der Waals surface area contributed by atoms with E-state index >= 15 is 0 Å². The van der Waals surface area contributed by atoms with Gasteiger partial charge in [-0.25, -0.2) is 0 Å². The second kappa shape index (κ2) is 7.37. The van der Waals surface area contributed by atoms with Gasteiger partial charge in [0, 0.05) is 36.7 Å². The molecule has 0 unspecified atom stereocenters. The molecule has 0 atom stereocenters. The van der Waals surface area contributed by atoms with Crippen molar-refractivity contribution in [3.8, 4) is 0 Å². The third-order valence-electron chi connectivity index (χ3n) is 4.75. The Morgan fingerprint density at radius 3 is 2.63 bits per heavy atom. The zero-order chi connectivity index (χ0) is 19.0. The number of nitrogens with zero attached hydrogens (tertiary/aromatic N) is 3. The molecular weight excluding hydrogens is 374 g/mol. The van der Waals surface area contributed by atoms with E-state index in [1.54, 1.807) is 23.1 Å². The number of hydrogen-bond acceptors (Lipinski definition) is 4. The average Bonchev–Trinajstić information content (AvgIpc) is 3.19. The van der Waals surface area contributed by atoms with Crippen molar-refractivity contribution in [3.05, 3.63) is 73.9 Å². The lowest BCUT2D eigenvalue weighted by Gasteiger charge is -2.11. The highest BCUT2D eigenvalue weighted by atomic mass is 32.2. The van der Waals surface area contributed by atoms with Gasteiger partial charge < -0.3 is 4.90 Å². The smallest absolute Gasteiger partial charge is 0.271 e. The number of para-hydroxylation sites is 1. The van der Waals surface area contributed by atoms with E-state index in [1.165, 1.54) is 4.90 Å². The number of hydrogen-bond donors (Lipinski definition) is 0. The number of benzene rings is 1. The molecule has 0 radical (unpaired) electrons. The Morgan fingerprint density at radius 2 is 1.89 bits per heavy atom. The summed E-state index contributed by atoms with van der Waals surface area (Å²) in [7, 11) is 2.04. The molecule has 0 amide bonds. The van der Waals surface area contributed by atoms with E-state index < -0.39 is 0 Å². The van der Waals surface area contributed by atoms with E-state index in [9.17, 15) is 4.79 Å². The monoisotopic (exact) mass is 396 g/mol. The Morgan fingerprint density at radius 1 is 1.11 bits per heavy atom. The van der Waals surface area contributed by atoms with Crippen LogP contribution in [0.2, 0.25) is 0 Å². The molecule has 1 aliphatic heterocycles. The molecule has 0 saturated heterocycles. The SMILES string of the molecule is CCn1c(=O)c(=C2Sc3ccccc3N2C)s/c1=C\c1cccc[n+]1CC. The lowest BCUT2D eigenvalue weighted by atomic mass is 10.3.